The molecule has 5 nitrogen and oxygen atoms in total. The average molecular weight is 352 g/mol. The summed E-state index contributed by atoms with van der Waals surface area (Å²) in [7, 11) is -0.480. The molecule has 0 aromatic heterocycles. The Bertz CT molecular complexity index is 648. The van der Waals surface area contributed by atoms with Crippen molar-refractivity contribution in [2.45, 2.75) is 51.2 Å². The standard InChI is InChI=1S/C17H23BF2N2O3/c1-15(2)16(3,4)25-18(24-15)12-5-7-13(8-6-12)21-14(23)22-10-9-17(19,20)11-22/h5-8H,9-11H2,1-4H3,(H,21,23). The van der Waals surface area contributed by atoms with Crippen molar-refractivity contribution < 1.29 is 22.9 Å². The van der Waals surface area contributed by atoms with Crippen molar-refractivity contribution in [3.05, 3.63) is 24.3 Å². The van der Waals surface area contributed by atoms with Crippen LogP contribution >= 0.6 is 0 Å². The fraction of sp³-hybridized carbons (Fsp3) is 0.588. The van der Waals surface area contributed by atoms with E-state index in [9.17, 15) is 13.6 Å². The van der Waals surface area contributed by atoms with Crippen LogP contribution in [0, 0.1) is 0 Å². The highest BCUT2D eigenvalue weighted by molar-refractivity contribution is 6.62. The molecule has 2 heterocycles. The first kappa shape index (κ1) is 18.1. The van der Waals surface area contributed by atoms with Crippen LogP contribution in [0.25, 0.3) is 0 Å². The van der Waals surface area contributed by atoms with Crippen LogP contribution in [-0.2, 0) is 9.31 Å². The van der Waals surface area contributed by atoms with Gasteiger partial charge < -0.3 is 19.5 Å². The van der Waals surface area contributed by atoms with E-state index in [1.54, 1.807) is 24.3 Å². The molecule has 1 aromatic carbocycles. The molecule has 0 spiro atoms. The number of hydrogen-bond donors (Lipinski definition) is 1. The predicted molar refractivity (Wildman–Crippen MR) is 92.3 cm³/mol. The summed E-state index contributed by atoms with van der Waals surface area (Å²) < 4.78 is 38.3. The highest BCUT2D eigenvalue weighted by Crippen LogP contribution is 2.36. The molecule has 8 heteroatoms. The number of carbonyl (C=O) groups is 1. The molecule has 3 rings (SSSR count). The van der Waals surface area contributed by atoms with Crippen LogP contribution in [0.4, 0.5) is 19.3 Å². The number of halogens is 2. The van der Waals surface area contributed by atoms with Gasteiger partial charge in [0.25, 0.3) is 5.92 Å². The van der Waals surface area contributed by atoms with Gasteiger partial charge in [-0.25, -0.2) is 13.6 Å². The van der Waals surface area contributed by atoms with E-state index in [0.717, 1.165) is 10.4 Å². The lowest BCUT2D eigenvalue weighted by Crippen LogP contribution is -2.41. The van der Waals surface area contributed by atoms with Gasteiger partial charge in [-0.3, -0.25) is 0 Å². The SMILES string of the molecule is CC1(C)OB(c2ccc(NC(=O)N3CCC(F)(F)C3)cc2)OC1(C)C. The Morgan fingerprint density at radius 2 is 1.68 bits per heavy atom. The van der Waals surface area contributed by atoms with E-state index in [1.807, 2.05) is 27.7 Å². The normalized spacial score (nSPS) is 23.8. The molecule has 0 atom stereocenters. The molecule has 2 aliphatic heterocycles. The van der Waals surface area contributed by atoms with Crippen molar-refractivity contribution >= 4 is 24.3 Å². The summed E-state index contributed by atoms with van der Waals surface area (Å²) in [5.74, 6) is -2.79. The van der Waals surface area contributed by atoms with Crippen molar-refractivity contribution in [2.24, 2.45) is 0 Å². The molecule has 2 amide bonds. The van der Waals surface area contributed by atoms with Crippen LogP contribution in [-0.4, -0.2) is 48.3 Å². The van der Waals surface area contributed by atoms with Gasteiger partial charge in [-0.1, -0.05) is 12.1 Å². The van der Waals surface area contributed by atoms with Gasteiger partial charge in [0, 0.05) is 18.7 Å². The number of hydrogen-bond acceptors (Lipinski definition) is 3. The van der Waals surface area contributed by atoms with Crippen LogP contribution < -0.4 is 10.8 Å². The van der Waals surface area contributed by atoms with Gasteiger partial charge in [0.2, 0.25) is 0 Å². The molecule has 25 heavy (non-hydrogen) atoms. The summed E-state index contributed by atoms with van der Waals surface area (Å²) in [4.78, 5) is 13.2. The van der Waals surface area contributed by atoms with Gasteiger partial charge >= 0.3 is 13.1 Å². The number of nitrogens with one attached hydrogen (secondary N) is 1. The van der Waals surface area contributed by atoms with Crippen LogP contribution in [0.15, 0.2) is 24.3 Å². The van der Waals surface area contributed by atoms with Gasteiger partial charge in [-0.2, -0.15) is 0 Å². The minimum atomic E-state index is -2.79. The maximum Gasteiger partial charge on any atom is 0.494 e. The maximum atomic E-state index is 13.2. The van der Waals surface area contributed by atoms with Gasteiger partial charge in [-0.15, -0.1) is 0 Å². The Morgan fingerprint density at radius 1 is 1.12 bits per heavy atom. The summed E-state index contributed by atoms with van der Waals surface area (Å²) in [5.41, 5.74) is 0.529. The van der Waals surface area contributed by atoms with Crippen molar-refractivity contribution in [3.63, 3.8) is 0 Å². The van der Waals surface area contributed by atoms with Crippen LogP contribution in [0.3, 0.4) is 0 Å². The number of urea groups is 1. The molecule has 0 unspecified atom stereocenters. The first-order chi connectivity index (χ1) is 11.5. The van der Waals surface area contributed by atoms with Gasteiger partial charge in [0.15, 0.2) is 0 Å². The second kappa shape index (κ2) is 5.95. The molecule has 2 saturated heterocycles. The van der Waals surface area contributed by atoms with E-state index in [2.05, 4.69) is 5.32 Å². The number of anilines is 1. The van der Waals surface area contributed by atoms with Gasteiger partial charge in [0.1, 0.15) is 0 Å². The summed E-state index contributed by atoms with van der Waals surface area (Å²) >= 11 is 0. The number of nitrogens with zero attached hydrogens (tertiary/aromatic N) is 1. The average Bonchev–Trinajstić information content (AvgIpc) is 2.96. The molecule has 0 aliphatic carbocycles. The summed E-state index contributed by atoms with van der Waals surface area (Å²) in [6.07, 6.45) is -0.290. The summed E-state index contributed by atoms with van der Waals surface area (Å²) in [6.45, 7) is 7.44. The van der Waals surface area contributed by atoms with E-state index >= 15 is 0 Å². The molecule has 136 valence electrons. The molecular weight excluding hydrogens is 329 g/mol. The van der Waals surface area contributed by atoms with Gasteiger partial charge in [0.05, 0.1) is 17.7 Å². The number of alkyl halides is 2. The van der Waals surface area contributed by atoms with Crippen LogP contribution in [0.1, 0.15) is 34.1 Å². The summed E-state index contributed by atoms with van der Waals surface area (Å²) in [6, 6.07) is 6.52. The third kappa shape index (κ3) is 3.65. The molecule has 2 aliphatic rings. The number of amides is 2. The highest BCUT2D eigenvalue weighted by atomic mass is 19.3. The predicted octanol–water partition coefficient (Wildman–Crippen LogP) is 2.86. The molecule has 1 N–H and O–H groups in total. The third-order valence-corrected chi connectivity index (χ3v) is 5.14. The van der Waals surface area contributed by atoms with E-state index < -0.39 is 36.8 Å². The monoisotopic (exact) mass is 352 g/mol. The lowest BCUT2D eigenvalue weighted by molar-refractivity contribution is 0.00578. The molecule has 0 radical (unpaired) electrons. The summed E-state index contributed by atoms with van der Waals surface area (Å²) in [5, 5.41) is 2.64. The van der Waals surface area contributed by atoms with Gasteiger partial charge in [-0.05, 0) is 45.3 Å². The zero-order chi connectivity index (χ0) is 18.5. The second-order valence-electron chi connectivity index (χ2n) is 7.67. The molecular formula is C17H23BF2N2O3. The Kier molecular flexibility index (Phi) is 4.32. The van der Waals surface area contributed by atoms with E-state index in [1.165, 1.54) is 0 Å². The number of benzene rings is 1. The zero-order valence-electron chi connectivity index (χ0n) is 14.9. The van der Waals surface area contributed by atoms with Crippen LogP contribution in [0.2, 0.25) is 0 Å². The fourth-order valence-electron chi connectivity index (χ4n) is 2.81. The number of carbonyl (C=O) groups excluding carboxylic acids is 1. The first-order valence-electron chi connectivity index (χ1n) is 8.38. The number of likely N-dealkylation sites (tertiary alicyclic amines) is 1. The Hall–Kier alpha value is -1.67. The van der Waals surface area contributed by atoms with Crippen molar-refractivity contribution in [1.29, 1.82) is 0 Å². The largest absolute Gasteiger partial charge is 0.494 e. The van der Waals surface area contributed by atoms with Crippen molar-refractivity contribution in [3.8, 4) is 0 Å². The minimum absolute atomic E-state index is 0.0604. The molecule has 0 saturated carbocycles. The van der Waals surface area contributed by atoms with E-state index in [0.29, 0.717) is 5.69 Å². The Morgan fingerprint density at radius 3 is 2.16 bits per heavy atom. The number of rotatable bonds is 2. The van der Waals surface area contributed by atoms with Crippen molar-refractivity contribution in [1.82, 2.24) is 4.90 Å². The topological polar surface area (TPSA) is 50.8 Å². The minimum Gasteiger partial charge on any atom is -0.399 e. The Labute approximate surface area is 146 Å². The molecule has 0 bridgehead atoms. The van der Waals surface area contributed by atoms with E-state index in [-0.39, 0.29) is 13.0 Å². The fourth-order valence-corrected chi connectivity index (χ4v) is 2.81. The van der Waals surface area contributed by atoms with Crippen LogP contribution in [0.5, 0.6) is 0 Å². The quantitative estimate of drug-likeness (QED) is 0.833. The lowest BCUT2D eigenvalue weighted by atomic mass is 9.79. The zero-order valence-corrected chi connectivity index (χ0v) is 14.9. The molecule has 2 fully saturated rings. The van der Waals surface area contributed by atoms with Crippen molar-refractivity contribution in [2.75, 3.05) is 18.4 Å². The maximum absolute atomic E-state index is 13.2. The third-order valence-electron chi connectivity index (χ3n) is 5.14. The highest BCUT2D eigenvalue weighted by Gasteiger charge is 2.51. The Balaban J connectivity index is 1.63. The first-order valence-corrected chi connectivity index (χ1v) is 8.38. The van der Waals surface area contributed by atoms with E-state index in [4.69, 9.17) is 9.31 Å². The second-order valence-corrected chi connectivity index (χ2v) is 7.67. The smallest absolute Gasteiger partial charge is 0.399 e. The molecule has 1 aromatic rings. The lowest BCUT2D eigenvalue weighted by Gasteiger charge is -2.32.